The first-order valence-electron chi connectivity index (χ1n) is 10.2. The van der Waals surface area contributed by atoms with Crippen molar-refractivity contribution in [2.45, 2.75) is 32.1 Å². The highest BCUT2D eigenvalue weighted by Crippen LogP contribution is 2.45. The molecule has 5 nitrogen and oxygen atoms in total. The SMILES string of the molecule is CCN1CC2(CCN(C(=O)c3ccccn3)CC2)C[C@H](c2ccccc2)C1=O. The highest BCUT2D eigenvalue weighted by molar-refractivity contribution is 5.92. The number of amides is 2. The van der Waals surface area contributed by atoms with Gasteiger partial charge in [0, 0.05) is 32.4 Å². The van der Waals surface area contributed by atoms with Crippen LogP contribution in [0.25, 0.3) is 0 Å². The minimum absolute atomic E-state index is 0.00860. The van der Waals surface area contributed by atoms with Crippen LogP contribution >= 0.6 is 0 Å². The molecule has 28 heavy (non-hydrogen) atoms. The van der Waals surface area contributed by atoms with Crippen molar-refractivity contribution < 1.29 is 9.59 Å². The van der Waals surface area contributed by atoms with Crippen molar-refractivity contribution in [3.8, 4) is 0 Å². The van der Waals surface area contributed by atoms with Crippen LogP contribution in [-0.2, 0) is 4.79 Å². The van der Waals surface area contributed by atoms with Crippen LogP contribution in [-0.4, -0.2) is 52.8 Å². The molecule has 1 aromatic carbocycles. The molecule has 3 heterocycles. The van der Waals surface area contributed by atoms with Gasteiger partial charge < -0.3 is 9.80 Å². The molecule has 146 valence electrons. The zero-order valence-electron chi connectivity index (χ0n) is 16.4. The summed E-state index contributed by atoms with van der Waals surface area (Å²) >= 11 is 0. The Bertz CT molecular complexity index is 829. The van der Waals surface area contributed by atoms with Crippen molar-refractivity contribution in [1.82, 2.24) is 14.8 Å². The highest BCUT2D eigenvalue weighted by Gasteiger charge is 2.46. The quantitative estimate of drug-likeness (QED) is 0.824. The normalized spacial score (nSPS) is 21.8. The number of pyridine rings is 1. The average Bonchev–Trinajstić information content (AvgIpc) is 2.76. The van der Waals surface area contributed by atoms with Gasteiger partial charge in [-0.1, -0.05) is 36.4 Å². The number of likely N-dealkylation sites (tertiary alicyclic amines) is 2. The summed E-state index contributed by atoms with van der Waals surface area (Å²) in [6, 6.07) is 15.6. The van der Waals surface area contributed by atoms with Gasteiger partial charge in [0.2, 0.25) is 5.91 Å². The summed E-state index contributed by atoms with van der Waals surface area (Å²) in [5.74, 6) is 0.175. The molecular weight excluding hydrogens is 350 g/mol. The smallest absolute Gasteiger partial charge is 0.272 e. The predicted octanol–water partition coefficient (Wildman–Crippen LogP) is 3.34. The van der Waals surface area contributed by atoms with Crippen LogP contribution in [0.3, 0.4) is 0 Å². The number of rotatable bonds is 3. The van der Waals surface area contributed by atoms with Crippen molar-refractivity contribution in [2.24, 2.45) is 5.41 Å². The van der Waals surface area contributed by atoms with E-state index in [0.29, 0.717) is 5.69 Å². The molecule has 5 heteroatoms. The first-order chi connectivity index (χ1) is 13.6. The zero-order chi connectivity index (χ0) is 19.6. The first-order valence-corrected chi connectivity index (χ1v) is 10.2. The summed E-state index contributed by atoms with van der Waals surface area (Å²) in [6.07, 6.45) is 4.39. The van der Waals surface area contributed by atoms with E-state index in [1.807, 2.05) is 40.1 Å². The molecule has 0 unspecified atom stereocenters. The molecule has 1 spiro atoms. The molecule has 2 amide bonds. The Labute approximate surface area is 166 Å². The highest BCUT2D eigenvalue weighted by atomic mass is 16.2. The topological polar surface area (TPSA) is 53.5 Å². The summed E-state index contributed by atoms with van der Waals surface area (Å²) in [7, 11) is 0. The molecule has 2 aliphatic rings. The van der Waals surface area contributed by atoms with Gasteiger partial charge in [-0.2, -0.15) is 0 Å². The number of benzene rings is 1. The molecule has 2 aromatic rings. The molecule has 2 aliphatic heterocycles. The van der Waals surface area contributed by atoms with Crippen molar-refractivity contribution in [2.75, 3.05) is 26.2 Å². The monoisotopic (exact) mass is 377 g/mol. The Kier molecular flexibility index (Phi) is 5.16. The third-order valence-corrected chi connectivity index (χ3v) is 6.35. The van der Waals surface area contributed by atoms with Gasteiger partial charge in [-0.3, -0.25) is 14.6 Å². The van der Waals surface area contributed by atoms with Gasteiger partial charge in [-0.15, -0.1) is 0 Å². The van der Waals surface area contributed by atoms with E-state index in [9.17, 15) is 9.59 Å². The molecule has 2 saturated heterocycles. The number of carbonyl (C=O) groups is 2. The number of hydrogen-bond donors (Lipinski definition) is 0. The molecule has 1 aromatic heterocycles. The maximum atomic E-state index is 13.0. The van der Waals surface area contributed by atoms with Crippen LogP contribution in [0.15, 0.2) is 54.7 Å². The second-order valence-corrected chi connectivity index (χ2v) is 8.03. The predicted molar refractivity (Wildman–Crippen MR) is 108 cm³/mol. The van der Waals surface area contributed by atoms with E-state index in [0.717, 1.165) is 51.0 Å². The Morgan fingerprint density at radius 1 is 1.11 bits per heavy atom. The maximum Gasteiger partial charge on any atom is 0.272 e. The Hall–Kier alpha value is -2.69. The van der Waals surface area contributed by atoms with Gasteiger partial charge in [0.05, 0.1) is 5.92 Å². The summed E-state index contributed by atoms with van der Waals surface area (Å²) < 4.78 is 0. The number of carbonyl (C=O) groups excluding carboxylic acids is 2. The Morgan fingerprint density at radius 2 is 1.82 bits per heavy atom. The third-order valence-electron chi connectivity index (χ3n) is 6.35. The van der Waals surface area contributed by atoms with Crippen LogP contribution in [0.4, 0.5) is 0 Å². The van der Waals surface area contributed by atoms with Crippen molar-refractivity contribution >= 4 is 11.8 Å². The summed E-state index contributed by atoms with van der Waals surface area (Å²) in [5.41, 5.74) is 1.71. The van der Waals surface area contributed by atoms with Crippen LogP contribution < -0.4 is 0 Å². The Balaban J connectivity index is 1.50. The van der Waals surface area contributed by atoms with E-state index in [1.54, 1.807) is 12.3 Å². The number of likely N-dealkylation sites (N-methyl/N-ethyl adjacent to an activating group) is 1. The van der Waals surface area contributed by atoms with E-state index in [4.69, 9.17) is 0 Å². The van der Waals surface area contributed by atoms with Crippen molar-refractivity contribution in [3.63, 3.8) is 0 Å². The van der Waals surface area contributed by atoms with Gasteiger partial charge in [-0.05, 0) is 49.3 Å². The number of nitrogens with zero attached hydrogens (tertiary/aromatic N) is 3. The number of aromatic nitrogens is 1. The van der Waals surface area contributed by atoms with Gasteiger partial charge in [-0.25, -0.2) is 0 Å². The Morgan fingerprint density at radius 3 is 2.46 bits per heavy atom. The van der Waals surface area contributed by atoms with Crippen LogP contribution in [0.1, 0.15) is 48.2 Å². The minimum Gasteiger partial charge on any atom is -0.342 e. The summed E-state index contributed by atoms with van der Waals surface area (Å²) in [6.45, 7) is 5.04. The fourth-order valence-electron chi connectivity index (χ4n) is 4.70. The lowest BCUT2D eigenvalue weighted by molar-refractivity contribution is -0.141. The zero-order valence-corrected chi connectivity index (χ0v) is 16.4. The molecule has 0 radical (unpaired) electrons. The standard InChI is InChI=1S/C23H27N3O2/c1-2-25-17-23(16-19(21(25)27)18-8-4-3-5-9-18)11-14-26(15-12-23)22(28)20-10-6-7-13-24-20/h3-10,13,19H,2,11-12,14-17H2,1H3/t19-/m1/s1. The second-order valence-electron chi connectivity index (χ2n) is 8.03. The van der Waals surface area contributed by atoms with E-state index in [-0.39, 0.29) is 23.1 Å². The van der Waals surface area contributed by atoms with Gasteiger partial charge in [0.15, 0.2) is 0 Å². The van der Waals surface area contributed by atoms with Gasteiger partial charge >= 0.3 is 0 Å². The molecule has 0 aliphatic carbocycles. The second kappa shape index (κ2) is 7.74. The molecule has 4 rings (SSSR count). The average molecular weight is 377 g/mol. The van der Waals surface area contributed by atoms with E-state index in [2.05, 4.69) is 24.0 Å². The largest absolute Gasteiger partial charge is 0.342 e. The molecular formula is C23H27N3O2. The van der Waals surface area contributed by atoms with Crippen molar-refractivity contribution in [3.05, 3.63) is 66.0 Å². The first kappa shape index (κ1) is 18.7. The molecule has 0 saturated carbocycles. The fourth-order valence-corrected chi connectivity index (χ4v) is 4.70. The van der Waals surface area contributed by atoms with Crippen LogP contribution in [0, 0.1) is 5.41 Å². The summed E-state index contributed by atoms with van der Waals surface area (Å²) in [4.78, 5) is 33.8. The number of hydrogen-bond acceptors (Lipinski definition) is 3. The molecule has 2 fully saturated rings. The third kappa shape index (κ3) is 3.53. The van der Waals surface area contributed by atoms with Crippen LogP contribution in [0.5, 0.6) is 0 Å². The summed E-state index contributed by atoms with van der Waals surface area (Å²) in [5, 5.41) is 0. The van der Waals surface area contributed by atoms with Gasteiger partial charge in [0.1, 0.15) is 5.69 Å². The lowest BCUT2D eigenvalue weighted by atomic mass is 9.67. The lowest BCUT2D eigenvalue weighted by Gasteiger charge is -2.49. The molecule has 0 bridgehead atoms. The molecule has 1 atom stereocenters. The van der Waals surface area contributed by atoms with Crippen molar-refractivity contribution in [1.29, 1.82) is 0 Å². The lowest BCUT2D eigenvalue weighted by Crippen LogP contribution is -2.54. The van der Waals surface area contributed by atoms with E-state index >= 15 is 0 Å². The number of piperidine rings is 2. The minimum atomic E-state index is -0.0760. The molecule has 0 N–H and O–H groups in total. The van der Waals surface area contributed by atoms with Gasteiger partial charge in [0.25, 0.3) is 5.91 Å². The maximum absolute atomic E-state index is 13.0. The van der Waals surface area contributed by atoms with E-state index in [1.165, 1.54) is 0 Å². The van der Waals surface area contributed by atoms with Crippen LogP contribution in [0.2, 0.25) is 0 Å². The van der Waals surface area contributed by atoms with E-state index < -0.39 is 0 Å². The fraction of sp³-hybridized carbons (Fsp3) is 0.435.